The largest absolute Gasteiger partial charge is 0.497 e. The molecule has 0 heterocycles. The number of methoxy groups -OCH3 is 1. The fraction of sp³-hybridized carbons (Fsp3) is 0.471. The van der Waals surface area contributed by atoms with Crippen molar-refractivity contribution >= 4 is 18.0 Å². The highest BCUT2D eigenvalue weighted by atomic mass is 16.5. The predicted molar refractivity (Wildman–Crippen MR) is 88.4 cm³/mol. The molecule has 1 saturated carbocycles. The number of amides is 2. The van der Waals surface area contributed by atoms with Crippen molar-refractivity contribution in [2.75, 3.05) is 7.11 Å². The monoisotopic (exact) mass is 317 g/mol. The molecule has 2 amide bonds. The summed E-state index contributed by atoms with van der Waals surface area (Å²) in [6, 6.07) is 7.51. The molecule has 1 aromatic rings. The fourth-order valence-corrected chi connectivity index (χ4v) is 2.61. The molecular weight excluding hydrogens is 294 g/mol. The molecule has 0 atom stereocenters. The van der Waals surface area contributed by atoms with Crippen molar-refractivity contribution in [3.8, 4) is 5.75 Å². The molecule has 2 N–H and O–H groups in total. The van der Waals surface area contributed by atoms with E-state index in [1.807, 2.05) is 18.2 Å². The first kappa shape index (κ1) is 17.0. The summed E-state index contributed by atoms with van der Waals surface area (Å²) in [7, 11) is 1.59. The van der Waals surface area contributed by atoms with E-state index in [1.165, 1.54) is 12.6 Å². The van der Waals surface area contributed by atoms with E-state index in [1.54, 1.807) is 13.2 Å². The van der Waals surface area contributed by atoms with Gasteiger partial charge in [0.05, 0.1) is 13.3 Å². The highest BCUT2D eigenvalue weighted by molar-refractivity contribution is 5.97. The van der Waals surface area contributed by atoms with Gasteiger partial charge in [0.2, 0.25) is 11.8 Å². The minimum absolute atomic E-state index is 0.202. The third kappa shape index (κ3) is 6.10. The molecule has 0 saturated heterocycles. The molecule has 2 rings (SSSR count). The van der Waals surface area contributed by atoms with Crippen molar-refractivity contribution in [1.29, 1.82) is 0 Å². The van der Waals surface area contributed by atoms with Crippen LogP contribution in [0.15, 0.2) is 29.4 Å². The maximum absolute atomic E-state index is 11.8. The van der Waals surface area contributed by atoms with E-state index in [-0.39, 0.29) is 18.4 Å². The summed E-state index contributed by atoms with van der Waals surface area (Å²) < 4.78 is 5.11. The standard InChI is InChI=1S/C17H23N3O3/c1-23-15-9-5-6-13(10-15)12-18-20-17(22)11-16(21)19-14-7-3-2-4-8-14/h5-6,9-10,12,14H,2-4,7-8,11H2,1H3,(H,19,21)(H,20,22)/b18-12-. The smallest absolute Gasteiger partial charge is 0.249 e. The number of hydrazone groups is 1. The number of carbonyl (C=O) groups excluding carboxylic acids is 2. The second-order valence-corrected chi connectivity index (χ2v) is 5.65. The Morgan fingerprint density at radius 1 is 1.26 bits per heavy atom. The summed E-state index contributed by atoms with van der Waals surface area (Å²) in [4.78, 5) is 23.5. The number of nitrogens with one attached hydrogen (secondary N) is 2. The van der Waals surface area contributed by atoms with E-state index < -0.39 is 5.91 Å². The van der Waals surface area contributed by atoms with E-state index in [0.29, 0.717) is 5.75 Å². The third-order valence-electron chi connectivity index (χ3n) is 3.79. The van der Waals surface area contributed by atoms with Gasteiger partial charge in [-0.05, 0) is 30.5 Å². The van der Waals surface area contributed by atoms with Gasteiger partial charge in [0, 0.05) is 6.04 Å². The van der Waals surface area contributed by atoms with Crippen molar-refractivity contribution in [2.24, 2.45) is 5.10 Å². The van der Waals surface area contributed by atoms with E-state index >= 15 is 0 Å². The molecule has 1 fully saturated rings. The van der Waals surface area contributed by atoms with Crippen LogP contribution in [0, 0.1) is 0 Å². The highest BCUT2D eigenvalue weighted by Gasteiger charge is 2.17. The Kier molecular flexibility index (Phi) is 6.59. The number of ether oxygens (including phenoxy) is 1. The first-order valence-corrected chi connectivity index (χ1v) is 7.92. The molecule has 0 spiro atoms. The minimum atomic E-state index is -0.419. The second-order valence-electron chi connectivity index (χ2n) is 5.65. The Balaban J connectivity index is 1.73. The molecule has 0 radical (unpaired) electrons. The number of benzene rings is 1. The molecule has 23 heavy (non-hydrogen) atoms. The van der Waals surface area contributed by atoms with Crippen molar-refractivity contribution in [3.05, 3.63) is 29.8 Å². The fourth-order valence-electron chi connectivity index (χ4n) is 2.61. The zero-order chi connectivity index (χ0) is 16.5. The molecule has 6 heteroatoms. The minimum Gasteiger partial charge on any atom is -0.497 e. The Bertz CT molecular complexity index is 566. The first-order chi connectivity index (χ1) is 11.2. The predicted octanol–water partition coefficient (Wildman–Crippen LogP) is 1.98. The van der Waals surface area contributed by atoms with Crippen LogP contribution in [-0.4, -0.2) is 31.2 Å². The Hall–Kier alpha value is -2.37. The summed E-state index contributed by atoms with van der Waals surface area (Å²) in [5.74, 6) is 0.0515. The molecular formula is C17H23N3O3. The lowest BCUT2D eigenvalue weighted by Gasteiger charge is -2.22. The molecule has 0 unspecified atom stereocenters. The molecule has 0 bridgehead atoms. The maximum atomic E-state index is 11.8. The van der Waals surface area contributed by atoms with E-state index in [0.717, 1.165) is 31.2 Å². The lowest BCUT2D eigenvalue weighted by molar-refractivity contribution is -0.129. The first-order valence-electron chi connectivity index (χ1n) is 7.92. The van der Waals surface area contributed by atoms with Gasteiger partial charge in [-0.15, -0.1) is 0 Å². The van der Waals surface area contributed by atoms with Gasteiger partial charge < -0.3 is 10.1 Å². The quantitative estimate of drug-likeness (QED) is 0.478. The maximum Gasteiger partial charge on any atom is 0.249 e. The number of carbonyl (C=O) groups is 2. The molecule has 0 aromatic heterocycles. The van der Waals surface area contributed by atoms with Crippen LogP contribution in [0.1, 0.15) is 44.1 Å². The topological polar surface area (TPSA) is 79.8 Å². The average Bonchev–Trinajstić information content (AvgIpc) is 2.56. The lowest BCUT2D eigenvalue weighted by Crippen LogP contribution is -2.38. The molecule has 0 aliphatic heterocycles. The molecule has 1 aromatic carbocycles. The number of rotatable bonds is 6. The average molecular weight is 317 g/mol. The molecule has 124 valence electrons. The second kappa shape index (κ2) is 8.92. The highest BCUT2D eigenvalue weighted by Crippen LogP contribution is 2.17. The summed E-state index contributed by atoms with van der Waals surface area (Å²) in [5, 5.41) is 6.76. The van der Waals surface area contributed by atoms with Gasteiger partial charge >= 0.3 is 0 Å². The van der Waals surface area contributed by atoms with E-state index in [9.17, 15) is 9.59 Å². The summed E-state index contributed by atoms with van der Waals surface area (Å²) >= 11 is 0. The summed E-state index contributed by atoms with van der Waals surface area (Å²) in [5.41, 5.74) is 3.17. The van der Waals surface area contributed by atoms with Gasteiger partial charge in [0.1, 0.15) is 12.2 Å². The van der Waals surface area contributed by atoms with Crippen LogP contribution >= 0.6 is 0 Å². The number of nitrogens with zero attached hydrogens (tertiary/aromatic N) is 1. The van der Waals surface area contributed by atoms with E-state index in [2.05, 4.69) is 15.8 Å². The van der Waals surface area contributed by atoms with Crippen molar-refractivity contribution in [1.82, 2.24) is 10.7 Å². The zero-order valence-electron chi connectivity index (χ0n) is 13.4. The van der Waals surface area contributed by atoms with E-state index in [4.69, 9.17) is 4.74 Å². The SMILES string of the molecule is COc1cccc(/C=N\NC(=O)CC(=O)NC2CCCCC2)c1. The van der Waals surface area contributed by atoms with Gasteiger partial charge in [-0.1, -0.05) is 31.4 Å². The van der Waals surface area contributed by atoms with Crippen molar-refractivity contribution in [3.63, 3.8) is 0 Å². The Labute approximate surface area is 136 Å². The van der Waals surface area contributed by atoms with Crippen LogP contribution in [0.3, 0.4) is 0 Å². The van der Waals surface area contributed by atoms with Crippen LogP contribution in [0.25, 0.3) is 0 Å². The summed E-state index contributed by atoms with van der Waals surface area (Å²) in [6.07, 6.45) is 6.82. The molecule has 6 nitrogen and oxygen atoms in total. The van der Waals surface area contributed by atoms with Crippen molar-refractivity contribution < 1.29 is 14.3 Å². The Morgan fingerprint density at radius 2 is 2.04 bits per heavy atom. The third-order valence-corrected chi connectivity index (χ3v) is 3.79. The lowest BCUT2D eigenvalue weighted by atomic mass is 9.95. The van der Waals surface area contributed by atoms with Crippen LogP contribution in [-0.2, 0) is 9.59 Å². The Morgan fingerprint density at radius 3 is 2.78 bits per heavy atom. The van der Waals surface area contributed by atoms with Gasteiger partial charge in [-0.3, -0.25) is 9.59 Å². The van der Waals surface area contributed by atoms with Crippen LogP contribution in [0.5, 0.6) is 5.75 Å². The summed E-state index contributed by atoms with van der Waals surface area (Å²) in [6.45, 7) is 0. The van der Waals surface area contributed by atoms with Gasteiger partial charge in [-0.2, -0.15) is 5.10 Å². The van der Waals surface area contributed by atoms with Crippen LogP contribution in [0.4, 0.5) is 0 Å². The number of hydrogen-bond acceptors (Lipinski definition) is 4. The van der Waals surface area contributed by atoms with Crippen molar-refractivity contribution in [2.45, 2.75) is 44.6 Å². The molecule has 1 aliphatic carbocycles. The van der Waals surface area contributed by atoms with Gasteiger partial charge in [-0.25, -0.2) is 5.43 Å². The molecule has 1 aliphatic rings. The van der Waals surface area contributed by atoms with Crippen LogP contribution in [0.2, 0.25) is 0 Å². The van der Waals surface area contributed by atoms with Gasteiger partial charge in [0.25, 0.3) is 0 Å². The van der Waals surface area contributed by atoms with Crippen LogP contribution < -0.4 is 15.5 Å². The van der Waals surface area contributed by atoms with Gasteiger partial charge in [0.15, 0.2) is 0 Å². The zero-order valence-corrected chi connectivity index (χ0v) is 13.4. The normalized spacial score (nSPS) is 15.3. The number of hydrogen-bond donors (Lipinski definition) is 2.